The molecule has 1 aromatic heterocycles. The average molecular weight is 390 g/mol. The first kappa shape index (κ1) is 18.8. The summed E-state index contributed by atoms with van der Waals surface area (Å²) in [6.07, 6.45) is -0.751. The minimum Gasteiger partial charge on any atom is -0.481 e. The number of amides is 1. The lowest BCUT2D eigenvalue weighted by Crippen LogP contribution is -2.37. The van der Waals surface area contributed by atoms with Gasteiger partial charge in [-0.3, -0.25) is 4.79 Å². The van der Waals surface area contributed by atoms with Crippen LogP contribution in [0.4, 0.5) is 4.39 Å². The van der Waals surface area contributed by atoms with Crippen LogP contribution in [0.25, 0.3) is 11.4 Å². The fourth-order valence-corrected chi connectivity index (χ4v) is 2.52. The average Bonchev–Trinajstić information content (AvgIpc) is 3.12. The van der Waals surface area contributed by atoms with Gasteiger partial charge in [-0.25, -0.2) is 4.39 Å². The Morgan fingerprint density at radius 1 is 1.22 bits per heavy atom. The zero-order valence-corrected chi connectivity index (χ0v) is 15.5. The van der Waals surface area contributed by atoms with Crippen molar-refractivity contribution in [1.82, 2.24) is 15.0 Å². The summed E-state index contributed by atoms with van der Waals surface area (Å²) < 4.78 is 23.7. The lowest BCUT2D eigenvalue weighted by atomic mass is 10.2. The van der Waals surface area contributed by atoms with Crippen LogP contribution in [0.5, 0.6) is 5.75 Å². The van der Waals surface area contributed by atoms with Gasteiger partial charge in [-0.1, -0.05) is 16.8 Å². The van der Waals surface area contributed by atoms with Crippen LogP contribution in [0, 0.1) is 5.82 Å². The Morgan fingerprint density at radius 2 is 1.89 bits per heavy atom. The van der Waals surface area contributed by atoms with Crippen molar-refractivity contribution in [2.45, 2.75) is 19.6 Å². The van der Waals surface area contributed by atoms with E-state index < -0.39 is 6.10 Å². The molecule has 0 N–H and O–H groups in total. The summed E-state index contributed by atoms with van der Waals surface area (Å²) in [6, 6.07) is 12.5. The van der Waals surface area contributed by atoms with E-state index in [0.29, 0.717) is 22.5 Å². The fraction of sp³-hybridized carbons (Fsp3) is 0.211. The van der Waals surface area contributed by atoms with Crippen LogP contribution in [0.2, 0.25) is 5.02 Å². The number of ether oxygens (including phenoxy) is 1. The molecular formula is C19H17ClFN3O3. The second-order valence-corrected chi connectivity index (χ2v) is 6.36. The Hall–Kier alpha value is -2.93. The lowest BCUT2D eigenvalue weighted by molar-refractivity contribution is -0.137. The zero-order chi connectivity index (χ0) is 19.4. The van der Waals surface area contributed by atoms with Gasteiger partial charge in [0.25, 0.3) is 5.91 Å². The van der Waals surface area contributed by atoms with E-state index in [0.717, 1.165) is 5.56 Å². The van der Waals surface area contributed by atoms with Gasteiger partial charge in [0, 0.05) is 17.6 Å². The first-order valence-corrected chi connectivity index (χ1v) is 8.56. The third kappa shape index (κ3) is 4.83. The van der Waals surface area contributed by atoms with E-state index in [9.17, 15) is 9.18 Å². The summed E-state index contributed by atoms with van der Waals surface area (Å²) in [4.78, 5) is 18.2. The van der Waals surface area contributed by atoms with Gasteiger partial charge in [-0.15, -0.1) is 0 Å². The quantitative estimate of drug-likeness (QED) is 0.638. The maximum absolute atomic E-state index is 12.9. The largest absolute Gasteiger partial charge is 0.481 e. The van der Waals surface area contributed by atoms with Crippen molar-refractivity contribution < 1.29 is 18.4 Å². The Kier molecular flexibility index (Phi) is 5.71. The number of nitrogens with zero attached hydrogens (tertiary/aromatic N) is 3. The van der Waals surface area contributed by atoms with E-state index >= 15 is 0 Å². The Balaban J connectivity index is 1.60. The predicted molar refractivity (Wildman–Crippen MR) is 97.7 cm³/mol. The molecule has 8 heteroatoms. The number of carbonyl (C=O) groups excluding carboxylic acids is 1. The SMILES string of the molecule is C[C@H](Oc1ccc(F)cc1)C(=O)N(C)Cc1nc(-c2ccc(Cl)cc2)no1. The highest BCUT2D eigenvalue weighted by molar-refractivity contribution is 6.30. The van der Waals surface area contributed by atoms with Crippen molar-refractivity contribution in [2.24, 2.45) is 0 Å². The molecular weight excluding hydrogens is 373 g/mol. The molecule has 0 unspecified atom stereocenters. The minimum atomic E-state index is -0.751. The minimum absolute atomic E-state index is 0.135. The van der Waals surface area contributed by atoms with Crippen molar-refractivity contribution in [2.75, 3.05) is 7.05 Å². The standard InChI is InChI=1S/C19H17ClFN3O3/c1-12(26-16-9-7-15(21)8-10-16)19(25)24(2)11-17-22-18(23-27-17)13-3-5-14(20)6-4-13/h3-10,12H,11H2,1-2H3/t12-/m0/s1. The van der Waals surface area contributed by atoms with E-state index in [1.165, 1.54) is 29.2 Å². The van der Waals surface area contributed by atoms with Crippen molar-refractivity contribution in [3.8, 4) is 17.1 Å². The molecule has 0 fully saturated rings. The van der Waals surface area contributed by atoms with E-state index in [1.54, 1.807) is 38.2 Å². The summed E-state index contributed by atoms with van der Waals surface area (Å²) in [5.74, 6) is 0.480. The first-order chi connectivity index (χ1) is 12.9. The van der Waals surface area contributed by atoms with Crippen LogP contribution >= 0.6 is 11.6 Å². The normalized spacial score (nSPS) is 11.9. The van der Waals surface area contributed by atoms with Crippen molar-refractivity contribution >= 4 is 17.5 Å². The summed E-state index contributed by atoms with van der Waals surface area (Å²) in [6.45, 7) is 1.76. The van der Waals surface area contributed by atoms with Crippen LogP contribution < -0.4 is 4.74 Å². The topological polar surface area (TPSA) is 68.5 Å². The molecule has 3 rings (SSSR count). The number of hydrogen-bond donors (Lipinski definition) is 0. The number of rotatable bonds is 6. The van der Waals surface area contributed by atoms with Crippen LogP contribution in [0.15, 0.2) is 53.1 Å². The molecule has 0 radical (unpaired) electrons. The van der Waals surface area contributed by atoms with Gasteiger partial charge >= 0.3 is 0 Å². The third-order valence-electron chi connectivity index (χ3n) is 3.79. The number of hydrogen-bond acceptors (Lipinski definition) is 5. The molecule has 3 aromatic rings. The first-order valence-electron chi connectivity index (χ1n) is 8.18. The summed E-state index contributed by atoms with van der Waals surface area (Å²) in [5.41, 5.74) is 0.761. The fourth-order valence-electron chi connectivity index (χ4n) is 2.39. The van der Waals surface area contributed by atoms with Gasteiger partial charge in [-0.2, -0.15) is 4.98 Å². The van der Waals surface area contributed by atoms with E-state index in [-0.39, 0.29) is 18.3 Å². The van der Waals surface area contributed by atoms with Crippen LogP contribution in [-0.2, 0) is 11.3 Å². The molecule has 1 heterocycles. The van der Waals surface area contributed by atoms with Gasteiger partial charge in [0.05, 0.1) is 6.54 Å². The summed E-state index contributed by atoms with van der Waals surface area (Å²) >= 11 is 5.86. The summed E-state index contributed by atoms with van der Waals surface area (Å²) in [7, 11) is 1.61. The second-order valence-electron chi connectivity index (χ2n) is 5.93. The van der Waals surface area contributed by atoms with E-state index in [4.69, 9.17) is 20.9 Å². The maximum atomic E-state index is 12.9. The molecule has 0 aliphatic carbocycles. The number of aromatic nitrogens is 2. The van der Waals surface area contributed by atoms with Crippen LogP contribution in [0.3, 0.4) is 0 Å². The molecule has 1 atom stereocenters. The molecule has 6 nitrogen and oxygen atoms in total. The highest BCUT2D eigenvalue weighted by Crippen LogP contribution is 2.19. The molecule has 0 bridgehead atoms. The lowest BCUT2D eigenvalue weighted by Gasteiger charge is -2.20. The van der Waals surface area contributed by atoms with Gasteiger partial charge in [-0.05, 0) is 55.5 Å². The van der Waals surface area contributed by atoms with Crippen molar-refractivity contribution in [3.05, 3.63) is 65.3 Å². The predicted octanol–water partition coefficient (Wildman–Crippen LogP) is 3.96. The smallest absolute Gasteiger partial charge is 0.263 e. The van der Waals surface area contributed by atoms with Gasteiger partial charge in [0.1, 0.15) is 11.6 Å². The van der Waals surface area contributed by atoms with Crippen molar-refractivity contribution in [1.29, 1.82) is 0 Å². The van der Waals surface area contributed by atoms with Gasteiger partial charge in [0.15, 0.2) is 6.10 Å². The van der Waals surface area contributed by atoms with Crippen LogP contribution in [0.1, 0.15) is 12.8 Å². The maximum Gasteiger partial charge on any atom is 0.263 e. The molecule has 0 aliphatic rings. The molecule has 1 amide bonds. The van der Waals surface area contributed by atoms with Crippen molar-refractivity contribution in [3.63, 3.8) is 0 Å². The molecule has 27 heavy (non-hydrogen) atoms. The number of carbonyl (C=O) groups is 1. The Morgan fingerprint density at radius 3 is 2.56 bits per heavy atom. The highest BCUT2D eigenvalue weighted by Gasteiger charge is 2.21. The molecule has 0 saturated carbocycles. The summed E-state index contributed by atoms with van der Waals surface area (Å²) in [5, 5.41) is 4.53. The highest BCUT2D eigenvalue weighted by atomic mass is 35.5. The monoisotopic (exact) mass is 389 g/mol. The Bertz CT molecular complexity index is 913. The van der Waals surface area contributed by atoms with E-state index in [2.05, 4.69) is 10.1 Å². The van der Waals surface area contributed by atoms with Gasteiger partial charge < -0.3 is 14.2 Å². The molecule has 2 aromatic carbocycles. The van der Waals surface area contributed by atoms with Crippen LogP contribution in [-0.4, -0.2) is 34.1 Å². The number of halogens is 2. The number of benzene rings is 2. The molecule has 0 saturated heterocycles. The van der Waals surface area contributed by atoms with Gasteiger partial charge in [0.2, 0.25) is 11.7 Å². The number of likely N-dealkylation sites (N-methyl/N-ethyl adjacent to an activating group) is 1. The molecule has 0 spiro atoms. The zero-order valence-electron chi connectivity index (χ0n) is 14.7. The molecule has 140 valence electrons. The second kappa shape index (κ2) is 8.18. The molecule has 0 aliphatic heterocycles. The Labute approximate surface area is 160 Å². The van der Waals surface area contributed by atoms with E-state index in [1.807, 2.05) is 0 Å². The third-order valence-corrected chi connectivity index (χ3v) is 4.05.